The molecule has 0 aliphatic heterocycles. The van der Waals surface area contributed by atoms with Crippen LogP contribution in [0.3, 0.4) is 0 Å². The summed E-state index contributed by atoms with van der Waals surface area (Å²) in [7, 11) is 0. The molecular weight excluding hydrogens is 359 g/mol. The lowest BCUT2D eigenvalue weighted by Gasteiger charge is -2.04. The van der Waals surface area contributed by atoms with E-state index < -0.39 is 29.3 Å². The molecule has 1 amide bonds. The topological polar surface area (TPSA) is 68.0 Å². The Morgan fingerprint density at radius 2 is 1.89 bits per heavy atom. The Kier molecular flexibility index (Phi) is 4.39. The summed E-state index contributed by atoms with van der Waals surface area (Å²) < 4.78 is 45.9. The Bertz CT molecular complexity index is 985. The van der Waals surface area contributed by atoms with Crippen LogP contribution in [0.2, 0.25) is 0 Å². The third kappa shape index (κ3) is 3.55. The van der Waals surface area contributed by atoms with Crippen molar-refractivity contribution in [2.75, 3.05) is 0 Å². The number of hydrogen-bond donors (Lipinski definition) is 1. The molecule has 4 rings (SSSR count). The van der Waals surface area contributed by atoms with Gasteiger partial charge in [-0.3, -0.25) is 4.79 Å². The molecule has 1 saturated carbocycles. The van der Waals surface area contributed by atoms with E-state index in [1.165, 1.54) is 36.4 Å². The molecule has 8 heteroatoms. The van der Waals surface area contributed by atoms with Crippen LogP contribution in [-0.2, 0) is 11.3 Å². The molecule has 3 aromatic rings. The molecular formula is C19H14F3N3O2. The maximum atomic E-state index is 13.8. The molecule has 138 valence electrons. The van der Waals surface area contributed by atoms with E-state index in [2.05, 4.69) is 15.5 Å². The first-order chi connectivity index (χ1) is 13.0. The number of amides is 1. The maximum Gasteiger partial charge on any atom is 0.258 e. The van der Waals surface area contributed by atoms with Gasteiger partial charge in [-0.2, -0.15) is 4.98 Å². The second kappa shape index (κ2) is 6.86. The average molecular weight is 373 g/mol. The van der Waals surface area contributed by atoms with Gasteiger partial charge in [-0.15, -0.1) is 0 Å². The minimum Gasteiger partial charge on any atom is -0.348 e. The van der Waals surface area contributed by atoms with Gasteiger partial charge in [-0.25, -0.2) is 13.2 Å². The van der Waals surface area contributed by atoms with E-state index in [1.807, 2.05) is 0 Å². The van der Waals surface area contributed by atoms with E-state index in [1.54, 1.807) is 6.07 Å². The molecule has 1 aliphatic carbocycles. The molecule has 2 aromatic carbocycles. The van der Waals surface area contributed by atoms with Crippen molar-refractivity contribution in [2.45, 2.75) is 18.9 Å². The van der Waals surface area contributed by atoms with Gasteiger partial charge in [0.2, 0.25) is 5.91 Å². The molecule has 1 aromatic heterocycles. The third-order valence-corrected chi connectivity index (χ3v) is 4.46. The number of rotatable bonds is 5. The molecule has 0 radical (unpaired) electrons. The monoisotopic (exact) mass is 373 g/mol. The Balaban J connectivity index is 1.37. The summed E-state index contributed by atoms with van der Waals surface area (Å²) in [5.74, 6) is -2.67. The largest absolute Gasteiger partial charge is 0.348 e. The Labute approximate surface area is 152 Å². The molecule has 2 atom stereocenters. The SMILES string of the molecule is O=C(NCc1noc(-c2cccc(F)c2)n1)[C@@H]1C[C@@H]1c1c(F)cccc1F. The molecule has 1 fully saturated rings. The molecule has 27 heavy (non-hydrogen) atoms. The minimum absolute atomic E-state index is 0.000618. The smallest absolute Gasteiger partial charge is 0.258 e. The molecule has 1 aliphatic rings. The number of hydrogen-bond acceptors (Lipinski definition) is 4. The fourth-order valence-electron chi connectivity index (χ4n) is 3.03. The number of aromatic nitrogens is 2. The van der Waals surface area contributed by atoms with Crippen molar-refractivity contribution in [3.8, 4) is 11.5 Å². The van der Waals surface area contributed by atoms with Crippen LogP contribution in [0.25, 0.3) is 11.5 Å². The van der Waals surface area contributed by atoms with Crippen LogP contribution in [0.5, 0.6) is 0 Å². The van der Waals surface area contributed by atoms with E-state index in [9.17, 15) is 18.0 Å². The molecule has 0 saturated heterocycles. The van der Waals surface area contributed by atoms with Crippen LogP contribution in [0.15, 0.2) is 47.0 Å². The van der Waals surface area contributed by atoms with Gasteiger partial charge in [-0.1, -0.05) is 17.3 Å². The van der Waals surface area contributed by atoms with Crippen LogP contribution in [0.4, 0.5) is 13.2 Å². The van der Waals surface area contributed by atoms with Gasteiger partial charge in [0, 0.05) is 23.0 Å². The number of carbonyl (C=O) groups is 1. The molecule has 1 heterocycles. The first kappa shape index (κ1) is 17.3. The van der Waals surface area contributed by atoms with Gasteiger partial charge in [0.15, 0.2) is 5.82 Å². The van der Waals surface area contributed by atoms with Gasteiger partial charge in [0.1, 0.15) is 17.5 Å². The summed E-state index contributed by atoms with van der Waals surface area (Å²) in [5.41, 5.74) is 0.378. The Morgan fingerprint density at radius 1 is 1.15 bits per heavy atom. The van der Waals surface area contributed by atoms with Gasteiger partial charge in [-0.05, 0) is 36.8 Å². The highest BCUT2D eigenvalue weighted by molar-refractivity contribution is 5.82. The third-order valence-electron chi connectivity index (χ3n) is 4.46. The fourth-order valence-corrected chi connectivity index (χ4v) is 3.03. The second-order valence-corrected chi connectivity index (χ2v) is 6.33. The minimum atomic E-state index is -0.645. The van der Waals surface area contributed by atoms with E-state index in [4.69, 9.17) is 4.52 Å². The van der Waals surface area contributed by atoms with E-state index in [-0.39, 0.29) is 29.7 Å². The van der Waals surface area contributed by atoms with Crippen LogP contribution in [0.1, 0.15) is 23.7 Å². The highest BCUT2D eigenvalue weighted by Crippen LogP contribution is 2.49. The summed E-state index contributed by atoms with van der Waals surface area (Å²) in [4.78, 5) is 16.3. The highest BCUT2D eigenvalue weighted by atomic mass is 19.1. The summed E-state index contributed by atoms with van der Waals surface area (Å²) in [5, 5.41) is 6.37. The predicted octanol–water partition coefficient (Wildman–Crippen LogP) is 3.57. The van der Waals surface area contributed by atoms with Crippen molar-refractivity contribution >= 4 is 5.91 Å². The van der Waals surface area contributed by atoms with E-state index in [0.29, 0.717) is 12.0 Å². The highest BCUT2D eigenvalue weighted by Gasteiger charge is 2.46. The van der Waals surface area contributed by atoms with Gasteiger partial charge in [0.25, 0.3) is 5.89 Å². The lowest BCUT2D eigenvalue weighted by atomic mass is 10.1. The van der Waals surface area contributed by atoms with Crippen LogP contribution in [0, 0.1) is 23.4 Å². The van der Waals surface area contributed by atoms with Crippen molar-refractivity contribution in [3.63, 3.8) is 0 Å². The molecule has 1 N–H and O–H groups in total. The number of nitrogens with one attached hydrogen (secondary N) is 1. The normalized spacial score (nSPS) is 18.3. The van der Waals surface area contributed by atoms with Gasteiger partial charge < -0.3 is 9.84 Å². The number of nitrogens with zero attached hydrogens (tertiary/aromatic N) is 2. The van der Waals surface area contributed by atoms with E-state index >= 15 is 0 Å². The van der Waals surface area contributed by atoms with Gasteiger partial charge in [0.05, 0.1) is 6.54 Å². The second-order valence-electron chi connectivity index (χ2n) is 6.33. The zero-order valence-electron chi connectivity index (χ0n) is 14.0. The first-order valence-corrected chi connectivity index (χ1v) is 8.33. The first-order valence-electron chi connectivity index (χ1n) is 8.33. The number of carbonyl (C=O) groups excluding carboxylic acids is 1. The van der Waals surface area contributed by atoms with Crippen LogP contribution < -0.4 is 5.32 Å². The van der Waals surface area contributed by atoms with Crippen molar-refractivity contribution in [3.05, 3.63) is 71.3 Å². The van der Waals surface area contributed by atoms with Crippen molar-refractivity contribution in [2.24, 2.45) is 5.92 Å². The van der Waals surface area contributed by atoms with Crippen molar-refractivity contribution < 1.29 is 22.5 Å². The summed E-state index contributed by atoms with van der Waals surface area (Å²) in [6, 6.07) is 9.34. The average Bonchev–Trinajstić information content (AvgIpc) is 3.27. The zero-order chi connectivity index (χ0) is 19.0. The summed E-state index contributed by atoms with van der Waals surface area (Å²) >= 11 is 0. The van der Waals surface area contributed by atoms with Crippen molar-refractivity contribution in [1.82, 2.24) is 15.5 Å². The van der Waals surface area contributed by atoms with Crippen LogP contribution >= 0.6 is 0 Å². The summed E-state index contributed by atoms with van der Waals surface area (Å²) in [6.45, 7) is 0.000618. The van der Waals surface area contributed by atoms with Crippen LogP contribution in [-0.4, -0.2) is 16.0 Å². The molecule has 5 nitrogen and oxygen atoms in total. The molecule has 0 bridgehead atoms. The maximum absolute atomic E-state index is 13.8. The zero-order valence-corrected chi connectivity index (χ0v) is 14.0. The molecule has 0 spiro atoms. The quantitative estimate of drug-likeness (QED) is 0.742. The lowest BCUT2D eigenvalue weighted by molar-refractivity contribution is -0.122. The Hall–Kier alpha value is -3.16. The lowest BCUT2D eigenvalue weighted by Crippen LogP contribution is -2.25. The predicted molar refractivity (Wildman–Crippen MR) is 88.7 cm³/mol. The fraction of sp³-hybridized carbons (Fsp3) is 0.211. The number of halogens is 3. The molecule has 0 unspecified atom stereocenters. The Morgan fingerprint density at radius 3 is 2.63 bits per heavy atom. The summed E-state index contributed by atoms with van der Waals surface area (Å²) in [6.07, 6.45) is 0.379. The number of benzene rings is 2. The van der Waals surface area contributed by atoms with Gasteiger partial charge >= 0.3 is 0 Å². The van der Waals surface area contributed by atoms with Crippen molar-refractivity contribution in [1.29, 1.82) is 0 Å². The standard InChI is InChI=1S/C19H14F3N3O2/c20-11-4-1-3-10(7-11)19-24-16(25-27-19)9-23-18(26)13-8-12(13)17-14(21)5-2-6-15(17)22/h1-7,12-13H,8-9H2,(H,23,26)/t12-,13+/m0/s1. The van der Waals surface area contributed by atoms with E-state index in [0.717, 1.165) is 0 Å².